The van der Waals surface area contributed by atoms with Crippen molar-refractivity contribution in [2.75, 3.05) is 16.8 Å². The Labute approximate surface area is 195 Å². The molecule has 2 aromatic heterocycles. The molecule has 0 radical (unpaired) electrons. The van der Waals surface area contributed by atoms with Crippen molar-refractivity contribution in [3.63, 3.8) is 0 Å². The molecule has 5 rings (SSSR count). The fraction of sp³-hybridized carbons (Fsp3) is 0.333. The number of rotatable bonds is 5. The Morgan fingerprint density at radius 2 is 2.06 bits per heavy atom. The molecule has 2 N–H and O–H groups in total. The lowest BCUT2D eigenvalue weighted by Crippen LogP contribution is -2.35. The van der Waals surface area contributed by atoms with Crippen LogP contribution in [0.5, 0.6) is 0 Å². The van der Waals surface area contributed by atoms with E-state index < -0.39 is 5.41 Å². The molecule has 170 valence electrons. The average molecular weight is 464 g/mol. The van der Waals surface area contributed by atoms with Gasteiger partial charge in [-0.15, -0.1) is 11.3 Å². The number of nitrogens with one attached hydrogen (secondary N) is 2. The number of fused-ring (bicyclic) bond motifs is 2. The van der Waals surface area contributed by atoms with Gasteiger partial charge in [0.2, 0.25) is 11.8 Å². The molecular formula is C24H25N5O3S. The Hall–Kier alpha value is -3.46. The van der Waals surface area contributed by atoms with E-state index in [9.17, 15) is 14.4 Å². The molecule has 3 aromatic rings. The Bertz CT molecular complexity index is 1260. The number of aromatic nitrogens is 2. The van der Waals surface area contributed by atoms with E-state index in [1.165, 1.54) is 0 Å². The van der Waals surface area contributed by atoms with Crippen LogP contribution in [-0.2, 0) is 34.5 Å². The maximum Gasteiger partial charge on any atom is 0.256 e. The van der Waals surface area contributed by atoms with Gasteiger partial charge in [-0.25, -0.2) is 0 Å². The number of aromatic amines is 1. The molecule has 2 aliphatic heterocycles. The van der Waals surface area contributed by atoms with Gasteiger partial charge in [-0.2, -0.15) is 5.10 Å². The topological polar surface area (TPSA) is 98.4 Å². The van der Waals surface area contributed by atoms with E-state index >= 15 is 0 Å². The molecule has 0 saturated heterocycles. The van der Waals surface area contributed by atoms with E-state index in [2.05, 4.69) is 15.5 Å². The zero-order chi connectivity index (χ0) is 23.3. The number of H-pyrrole nitrogens is 1. The number of nitrogens with zero attached hydrogens (tertiary/aromatic N) is 3. The molecule has 0 spiro atoms. The maximum atomic E-state index is 13.0. The zero-order valence-corrected chi connectivity index (χ0v) is 19.6. The van der Waals surface area contributed by atoms with Crippen molar-refractivity contribution in [3.8, 4) is 0 Å². The highest BCUT2D eigenvalue weighted by molar-refractivity contribution is 7.10. The quantitative estimate of drug-likeness (QED) is 0.605. The first-order valence-electron chi connectivity index (χ1n) is 10.9. The van der Waals surface area contributed by atoms with Crippen LogP contribution >= 0.6 is 11.3 Å². The van der Waals surface area contributed by atoms with Crippen LogP contribution in [0.3, 0.4) is 0 Å². The molecule has 0 fully saturated rings. The Morgan fingerprint density at radius 3 is 2.79 bits per heavy atom. The van der Waals surface area contributed by atoms with Gasteiger partial charge in [-0.1, -0.05) is 12.1 Å². The maximum absolute atomic E-state index is 13.0. The van der Waals surface area contributed by atoms with E-state index in [4.69, 9.17) is 0 Å². The zero-order valence-electron chi connectivity index (χ0n) is 18.8. The summed E-state index contributed by atoms with van der Waals surface area (Å²) < 4.78 is 0. The van der Waals surface area contributed by atoms with Crippen LogP contribution in [0.2, 0.25) is 0 Å². The molecule has 2 aliphatic rings. The number of benzene rings is 1. The minimum absolute atomic E-state index is 0.0370. The van der Waals surface area contributed by atoms with Crippen LogP contribution in [0, 0.1) is 0 Å². The molecule has 0 bridgehead atoms. The van der Waals surface area contributed by atoms with Crippen molar-refractivity contribution in [3.05, 3.63) is 63.0 Å². The number of carbonyl (C=O) groups is 3. The third kappa shape index (κ3) is 3.52. The predicted molar refractivity (Wildman–Crippen MR) is 126 cm³/mol. The largest absolute Gasteiger partial charge is 0.332 e. The van der Waals surface area contributed by atoms with Crippen LogP contribution in [0.1, 0.15) is 52.8 Å². The van der Waals surface area contributed by atoms with Crippen LogP contribution < -0.4 is 10.2 Å². The van der Waals surface area contributed by atoms with E-state index in [-0.39, 0.29) is 17.7 Å². The van der Waals surface area contributed by atoms with Crippen LogP contribution in [0.25, 0.3) is 0 Å². The van der Waals surface area contributed by atoms with Gasteiger partial charge >= 0.3 is 0 Å². The Balaban J connectivity index is 1.32. The molecule has 0 atom stereocenters. The Morgan fingerprint density at radius 1 is 1.24 bits per heavy atom. The second-order valence-corrected chi connectivity index (χ2v) is 9.93. The molecule has 3 amide bonds. The summed E-state index contributed by atoms with van der Waals surface area (Å²) in [6.07, 6.45) is 0.370. The second-order valence-electron chi connectivity index (χ2n) is 8.90. The van der Waals surface area contributed by atoms with Gasteiger partial charge in [-0.05, 0) is 49.9 Å². The number of amides is 3. The fourth-order valence-electron chi connectivity index (χ4n) is 4.57. The Kier molecular flexibility index (Phi) is 5.08. The smallest absolute Gasteiger partial charge is 0.256 e. The van der Waals surface area contributed by atoms with Crippen molar-refractivity contribution in [1.82, 2.24) is 15.1 Å². The molecule has 1 aromatic carbocycles. The summed E-state index contributed by atoms with van der Waals surface area (Å²) in [4.78, 5) is 42.9. The third-order valence-corrected chi connectivity index (χ3v) is 7.34. The van der Waals surface area contributed by atoms with E-state index in [0.717, 1.165) is 27.4 Å². The summed E-state index contributed by atoms with van der Waals surface area (Å²) >= 11 is 1.57. The van der Waals surface area contributed by atoms with Gasteiger partial charge in [0.05, 0.1) is 30.6 Å². The van der Waals surface area contributed by atoms with Crippen LogP contribution in [0.15, 0.2) is 35.7 Å². The minimum Gasteiger partial charge on any atom is -0.332 e. The first kappa shape index (κ1) is 21.4. The first-order valence-corrected chi connectivity index (χ1v) is 11.8. The van der Waals surface area contributed by atoms with E-state index in [1.54, 1.807) is 33.3 Å². The summed E-state index contributed by atoms with van der Waals surface area (Å²) in [5, 5.41) is 12.0. The lowest BCUT2D eigenvalue weighted by Gasteiger charge is -2.18. The van der Waals surface area contributed by atoms with Gasteiger partial charge in [-0.3, -0.25) is 19.5 Å². The summed E-state index contributed by atoms with van der Waals surface area (Å²) in [7, 11) is 0. The highest BCUT2D eigenvalue weighted by Crippen LogP contribution is 2.42. The highest BCUT2D eigenvalue weighted by Gasteiger charge is 2.43. The minimum atomic E-state index is -0.609. The summed E-state index contributed by atoms with van der Waals surface area (Å²) in [5.74, 6) is 0.217. The van der Waals surface area contributed by atoms with E-state index in [1.807, 2.05) is 44.4 Å². The lowest BCUT2D eigenvalue weighted by atomic mass is 9.86. The standard InChI is InChI=1S/C24H25N5O3S/c1-4-29-19-10-14(7-8-17(19)24(2,3)23(29)32)22(31)25-21-16-12-28(13-18(16)26-27-21)20(30)11-15-6-5-9-33-15/h5-10H,4,11-13H2,1-3H3,(H2,25,26,27,31). The summed E-state index contributed by atoms with van der Waals surface area (Å²) in [6, 6.07) is 9.26. The lowest BCUT2D eigenvalue weighted by molar-refractivity contribution is -0.131. The van der Waals surface area contributed by atoms with Crippen molar-refractivity contribution >= 4 is 40.6 Å². The molecule has 8 nitrogen and oxygen atoms in total. The summed E-state index contributed by atoms with van der Waals surface area (Å²) in [6.45, 7) is 7.13. The van der Waals surface area contributed by atoms with Crippen molar-refractivity contribution in [1.29, 1.82) is 0 Å². The number of hydrogen-bond donors (Lipinski definition) is 2. The number of anilines is 2. The molecule has 4 heterocycles. The normalized spacial score (nSPS) is 16.2. The third-order valence-electron chi connectivity index (χ3n) is 6.46. The number of likely N-dealkylation sites (N-methyl/N-ethyl adjacent to an activating group) is 1. The average Bonchev–Trinajstić information content (AvgIpc) is 3.55. The molecule has 0 unspecified atom stereocenters. The van der Waals surface area contributed by atoms with Crippen LogP contribution in [-0.4, -0.2) is 39.4 Å². The highest BCUT2D eigenvalue weighted by atomic mass is 32.1. The molecule has 0 aliphatic carbocycles. The second kappa shape index (κ2) is 7.84. The van der Waals surface area contributed by atoms with E-state index in [0.29, 0.717) is 37.4 Å². The fourth-order valence-corrected chi connectivity index (χ4v) is 5.27. The molecule has 33 heavy (non-hydrogen) atoms. The predicted octanol–water partition coefficient (Wildman–Crippen LogP) is 3.45. The van der Waals surface area contributed by atoms with Gasteiger partial charge in [0.1, 0.15) is 0 Å². The molecular weight excluding hydrogens is 438 g/mol. The van der Waals surface area contributed by atoms with Crippen molar-refractivity contribution in [2.24, 2.45) is 0 Å². The van der Waals surface area contributed by atoms with Gasteiger partial charge in [0.25, 0.3) is 5.91 Å². The monoisotopic (exact) mass is 463 g/mol. The number of thiophene rings is 1. The number of carbonyl (C=O) groups excluding carboxylic acids is 3. The molecule has 9 heteroatoms. The first-order chi connectivity index (χ1) is 15.8. The van der Waals surface area contributed by atoms with Gasteiger partial charge in [0.15, 0.2) is 5.82 Å². The van der Waals surface area contributed by atoms with Crippen molar-refractivity contribution in [2.45, 2.75) is 45.7 Å². The summed E-state index contributed by atoms with van der Waals surface area (Å²) in [5.41, 5.74) is 3.21. The van der Waals surface area contributed by atoms with Crippen LogP contribution in [0.4, 0.5) is 11.5 Å². The van der Waals surface area contributed by atoms with Gasteiger partial charge < -0.3 is 15.1 Å². The van der Waals surface area contributed by atoms with Gasteiger partial charge in [0, 0.05) is 28.2 Å². The number of hydrogen-bond acceptors (Lipinski definition) is 5. The molecule has 0 saturated carbocycles. The van der Waals surface area contributed by atoms with Crippen molar-refractivity contribution < 1.29 is 14.4 Å². The SMILES string of the molecule is CCN1C(=O)C(C)(C)c2ccc(C(=O)Nc3n[nH]c4c3CN(C(=O)Cc3cccs3)C4)cc21.